The highest BCUT2D eigenvalue weighted by molar-refractivity contribution is 5.76. The molecule has 1 fully saturated rings. The van der Waals surface area contributed by atoms with Crippen molar-refractivity contribution >= 4 is 5.91 Å². The van der Waals surface area contributed by atoms with Crippen LogP contribution in [0.15, 0.2) is 83.8 Å². The number of amides is 1. The Morgan fingerprint density at radius 3 is 1.97 bits per heavy atom. The number of carbonyl (C=O) groups excluding carboxylic acids is 1. The molecule has 0 spiro atoms. The van der Waals surface area contributed by atoms with Crippen molar-refractivity contribution in [2.24, 2.45) is 0 Å². The van der Waals surface area contributed by atoms with E-state index in [0.29, 0.717) is 18.7 Å². The van der Waals surface area contributed by atoms with Crippen LogP contribution in [0.4, 0.5) is 0 Å². The molecule has 2 aromatic carbocycles. The molecule has 1 aliphatic heterocycles. The molecule has 154 valence electrons. The Balaban J connectivity index is 1.46. The maximum absolute atomic E-state index is 12.8. The van der Waals surface area contributed by atoms with E-state index < -0.39 is 0 Å². The van der Waals surface area contributed by atoms with E-state index in [0.717, 1.165) is 13.1 Å². The van der Waals surface area contributed by atoms with E-state index in [1.165, 1.54) is 15.7 Å². The van der Waals surface area contributed by atoms with Gasteiger partial charge in [-0.05, 0) is 24.1 Å². The fraction of sp³-hybridized carbons (Fsp3) is 0.280. The van der Waals surface area contributed by atoms with Crippen LogP contribution in [0.5, 0.6) is 0 Å². The summed E-state index contributed by atoms with van der Waals surface area (Å²) in [5.74, 6) is -0.00155. The molecule has 1 amide bonds. The summed E-state index contributed by atoms with van der Waals surface area (Å²) in [6.45, 7) is 4.79. The van der Waals surface area contributed by atoms with Crippen molar-refractivity contribution in [2.75, 3.05) is 26.2 Å². The maximum atomic E-state index is 12.8. The van der Waals surface area contributed by atoms with Crippen LogP contribution in [0.25, 0.3) is 0 Å². The number of carbonyl (C=O) groups is 1. The fourth-order valence-electron chi connectivity index (χ4n) is 4.14. The normalized spacial score (nSPS) is 14.8. The highest BCUT2D eigenvalue weighted by Crippen LogP contribution is 2.29. The Labute approximate surface area is 177 Å². The molecular weight excluding hydrogens is 374 g/mol. The first kappa shape index (κ1) is 20.1. The number of benzene rings is 2. The molecule has 0 radical (unpaired) electrons. The second-order valence-electron chi connectivity index (χ2n) is 7.76. The molecule has 1 aromatic heterocycles. The summed E-state index contributed by atoms with van der Waals surface area (Å²) < 4.78 is 1.50. The van der Waals surface area contributed by atoms with Gasteiger partial charge in [0.2, 0.25) is 5.91 Å². The van der Waals surface area contributed by atoms with Gasteiger partial charge in [-0.15, -0.1) is 0 Å². The first-order valence-electron chi connectivity index (χ1n) is 10.4. The zero-order valence-corrected chi connectivity index (χ0v) is 17.3. The van der Waals surface area contributed by atoms with Gasteiger partial charge in [0.1, 0.15) is 6.54 Å². The average Bonchev–Trinajstić information content (AvgIpc) is 2.79. The van der Waals surface area contributed by atoms with Crippen LogP contribution in [0.2, 0.25) is 0 Å². The molecule has 0 N–H and O–H groups in total. The van der Waals surface area contributed by atoms with Gasteiger partial charge < -0.3 is 9.47 Å². The molecular formula is C25H27N3O2. The average molecular weight is 402 g/mol. The second-order valence-corrected chi connectivity index (χ2v) is 7.76. The van der Waals surface area contributed by atoms with Gasteiger partial charge in [0.25, 0.3) is 5.56 Å². The number of nitrogens with zero attached hydrogens (tertiary/aromatic N) is 3. The molecule has 4 rings (SSSR count). The van der Waals surface area contributed by atoms with Gasteiger partial charge in [-0.25, -0.2) is 0 Å². The van der Waals surface area contributed by atoms with Crippen LogP contribution in [-0.2, 0) is 11.3 Å². The third kappa shape index (κ3) is 4.36. The van der Waals surface area contributed by atoms with Gasteiger partial charge in [0.15, 0.2) is 0 Å². The lowest BCUT2D eigenvalue weighted by Crippen LogP contribution is -2.51. The highest BCUT2D eigenvalue weighted by atomic mass is 16.2. The van der Waals surface area contributed by atoms with E-state index >= 15 is 0 Å². The Bertz CT molecular complexity index is 999. The maximum Gasteiger partial charge on any atom is 0.253 e. The second kappa shape index (κ2) is 9.09. The smallest absolute Gasteiger partial charge is 0.253 e. The summed E-state index contributed by atoms with van der Waals surface area (Å²) in [5.41, 5.74) is 3.07. The van der Waals surface area contributed by atoms with Crippen molar-refractivity contribution in [1.29, 1.82) is 0 Å². The number of hydrogen-bond acceptors (Lipinski definition) is 3. The van der Waals surface area contributed by atoms with E-state index in [1.54, 1.807) is 19.2 Å². The molecule has 0 unspecified atom stereocenters. The number of rotatable bonds is 5. The number of pyridine rings is 1. The van der Waals surface area contributed by atoms with Crippen molar-refractivity contribution in [3.8, 4) is 0 Å². The van der Waals surface area contributed by atoms with E-state index in [4.69, 9.17) is 0 Å². The summed E-state index contributed by atoms with van der Waals surface area (Å²) >= 11 is 0. The first-order chi connectivity index (χ1) is 14.6. The molecule has 5 nitrogen and oxygen atoms in total. The minimum Gasteiger partial charge on any atom is -0.339 e. The molecule has 0 atom stereocenters. The quantitative estimate of drug-likeness (QED) is 0.660. The number of piperazine rings is 1. The number of aromatic nitrogens is 1. The SMILES string of the molecule is Cc1cccn(CC(=O)N2CCN(C(c3ccccc3)c3ccccc3)CC2)c1=O. The molecule has 3 aromatic rings. The summed E-state index contributed by atoms with van der Waals surface area (Å²) in [6.07, 6.45) is 1.68. The third-order valence-electron chi connectivity index (χ3n) is 5.78. The summed E-state index contributed by atoms with van der Waals surface area (Å²) in [7, 11) is 0. The topological polar surface area (TPSA) is 45.6 Å². The lowest BCUT2D eigenvalue weighted by atomic mass is 9.96. The summed E-state index contributed by atoms with van der Waals surface area (Å²) in [4.78, 5) is 29.3. The van der Waals surface area contributed by atoms with Crippen molar-refractivity contribution in [3.63, 3.8) is 0 Å². The van der Waals surface area contributed by atoms with E-state index in [-0.39, 0.29) is 24.1 Å². The largest absolute Gasteiger partial charge is 0.339 e. The Morgan fingerprint density at radius 2 is 1.40 bits per heavy atom. The van der Waals surface area contributed by atoms with Gasteiger partial charge in [-0.2, -0.15) is 0 Å². The van der Waals surface area contributed by atoms with Gasteiger partial charge in [-0.3, -0.25) is 14.5 Å². The molecule has 0 bridgehead atoms. The van der Waals surface area contributed by atoms with Crippen LogP contribution in [0, 0.1) is 6.92 Å². The predicted octanol–water partition coefficient (Wildman–Crippen LogP) is 3.09. The molecule has 0 saturated carbocycles. The summed E-state index contributed by atoms with van der Waals surface area (Å²) in [6, 6.07) is 24.8. The van der Waals surface area contributed by atoms with Crippen LogP contribution in [0.1, 0.15) is 22.7 Å². The molecule has 5 heteroatoms. The molecule has 1 aliphatic rings. The van der Waals surface area contributed by atoms with Crippen LogP contribution < -0.4 is 5.56 Å². The Morgan fingerprint density at radius 1 is 0.833 bits per heavy atom. The number of hydrogen-bond donors (Lipinski definition) is 0. The van der Waals surface area contributed by atoms with Crippen molar-refractivity contribution < 1.29 is 4.79 Å². The van der Waals surface area contributed by atoms with Crippen LogP contribution >= 0.6 is 0 Å². The zero-order chi connectivity index (χ0) is 20.9. The van der Waals surface area contributed by atoms with Gasteiger partial charge in [-0.1, -0.05) is 66.7 Å². The van der Waals surface area contributed by atoms with Crippen molar-refractivity contribution in [3.05, 3.63) is 106 Å². The van der Waals surface area contributed by atoms with Crippen molar-refractivity contribution in [2.45, 2.75) is 19.5 Å². The van der Waals surface area contributed by atoms with Gasteiger partial charge in [0.05, 0.1) is 6.04 Å². The summed E-state index contributed by atoms with van der Waals surface area (Å²) in [5, 5.41) is 0. The van der Waals surface area contributed by atoms with Gasteiger partial charge >= 0.3 is 0 Å². The van der Waals surface area contributed by atoms with Gasteiger partial charge in [0, 0.05) is 37.9 Å². The third-order valence-corrected chi connectivity index (χ3v) is 5.78. The zero-order valence-electron chi connectivity index (χ0n) is 17.3. The highest BCUT2D eigenvalue weighted by Gasteiger charge is 2.28. The standard InChI is InChI=1S/C25H27N3O2/c1-20-9-8-14-28(25(20)30)19-23(29)26-15-17-27(18-16-26)24(21-10-4-2-5-11-21)22-12-6-3-7-13-22/h2-14,24H,15-19H2,1H3. The van der Waals surface area contributed by atoms with E-state index in [9.17, 15) is 9.59 Å². The van der Waals surface area contributed by atoms with Crippen LogP contribution in [0.3, 0.4) is 0 Å². The van der Waals surface area contributed by atoms with E-state index in [2.05, 4.69) is 53.4 Å². The number of aryl methyl sites for hydroxylation is 1. The fourth-order valence-corrected chi connectivity index (χ4v) is 4.14. The molecule has 2 heterocycles. The Hall–Kier alpha value is -3.18. The van der Waals surface area contributed by atoms with Crippen LogP contribution in [-0.4, -0.2) is 46.5 Å². The van der Waals surface area contributed by atoms with E-state index in [1.807, 2.05) is 23.1 Å². The lowest BCUT2D eigenvalue weighted by molar-refractivity contribution is -0.133. The minimum atomic E-state index is -0.0993. The Kier molecular flexibility index (Phi) is 6.10. The minimum absolute atomic E-state index is 0.00155. The molecule has 1 saturated heterocycles. The predicted molar refractivity (Wildman–Crippen MR) is 118 cm³/mol. The van der Waals surface area contributed by atoms with Crippen molar-refractivity contribution in [1.82, 2.24) is 14.4 Å². The first-order valence-corrected chi connectivity index (χ1v) is 10.4. The monoisotopic (exact) mass is 401 g/mol. The lowest BCUT2D eigenvalue weighted by Gasteiger charge is -2.39. The molecule has 0 aliphatic carbocycles. The molecule has 30 heavy (non-hydrogen) atoms.